The summed E-state index contributed by atoms with van der Waals surface area (Å²) in [5.74, 6) is -1.32. The fourth-order valence-electron chi connectivity index (χ4n) is 1.13. The first-order valence-electron chi connectivity index (χ1n) is 5.31. The number of hydrogen-bond donors (Lipinski definition) is 3. The predicted octanol–water partition coefficient (Wildman–Crippen LogP) is -0.996. The number of hydrogen-bond acceptors (Lipinski definition) is 5. The number of aliphatic hydroxyl groups is 1. The number of methoxy groups -OCH3 is 1. The molecule has 0 spiro atoms. The maximum Gasteiger partial charge on any atom is 0.328 e. The third-order valence-corrected chi connectivity index (χ3v) is 2.12. The molecule has 0 fully saturated rings. The first kappa shape index (κ1) is 16.1. The van der Waals surface area contributed by atoms with Gasteiger partial charge in [-0.05, 0) is 0 Å². The number of aliphatic carboxylic acids is 1. The van der Waals surface area contributed by atoms with Crippen LogP contribution in [0.3, 0.4) is 0 Å². The van der Waals surface area contributed by atoms with Gasteiger partial charge in [-0.2, -0.15) is 5.26 Å². The maximum atomic E-state index is 11.7. The lowest BCUT2D eigenvalue weighted by atomic mass is 10.3. The largest absolute Gasteiger partial charge is 0.480 e. The van der Waals surface area contributed by atoms with Crippen LogP contribution in [-0.4, -0.2) is 66.6 Å². The summed E-state index contributed by atoms with van der Waals surface area (Å²) in [4.78, 5) is 23.6. The van der Waals surface area contributed by atoms with Gasteiger partial charge in [0.05, 0.1) is 25.7 Å². The van der Waals surface area contributed by atoms with Crippen LogP contribution < -0.4 is 5.32 Å². The van der Waals surface area contributed by atoms with Crippen LogP contribution in [0.2, 0.25) is 0 Å². The van der Waals surface area contributed by atoms with E-state index in [0.717, 1.165) is 0 Å². The van der Waals surface area contributed by atoms with Crippen molar-refractivity contribution in [2.45, 2.75) is 12.5 Å². The van der Waals surface area contributed by atoms with Crippen LogP contribution in [0.1, 0.15) is 6.42 Å². The molecule has 0 unspecified atom stereocenters. The number of carboxylic acid groups (broad SMARTS) is 1. The van der Waals surface area contributed by atoms with Crippen molar-refractivity contribution in [1.29, 1.82) is 5.26 Å². The molecule has 0 aromatic heterocycles. The summed E-state index contributed by atoms with van der Waals surface area (Å²) in [6.45, 7) is -0.0155. The zero-order valence-electron chi connectivity index (χ0n) is 10.1. The molecular formula is C10H17N3O5. The zero-order valence-corrected chi connectivity index (χ0v) is 10.1. The van der Waals surface area contributed by atoms with Gasteiger partial charge in [0.2, 0.25) is 0 Å². The molecule has 0 aromatic rings. The van der Waals surface area contributed by atoms with Crippen molar-refractivity contribution in [3.05, 3.63) is 0 Å². The van der Waals surface area contributed by atoms with Crippen LogP contribution in [0.4, 0.5) is 4.79 Å². The highest BCUT2D eigenvalue weighted by atomic mass is 16.5. The summed E-state index contributed by atoms with van der Waals surface area (Å²) in [6, 6.07) is -0.115. The van der Waals surface area contributed by atoms with Gasteiger partial charge in [-0.15, -0.1) is 0 Å². The fraction of sp³-hybridized carbons (Fsp3) is 0.700. The van der Waals surface area contributed by atoms with Gasteiger partial charge in [0.15, 0.2) is 6.04 Å². The quantitative estimate of drug-likeness (QED) is 0.514. The number of nitrogens with one attached hydrogen (secondary N) is 1. The number of carbonyl (C=O) groups is 2. The Hall–Kier alpha value is -1.85. The van der Waals surface area contributed by atoms with E-state index in [1.54, 1.807) is 0 Å². The number of nitrogens with zero attached hydrogens (tertiary/aromatic N) is 2. The summed E-state index contributed by atoms with van der Waals surface area (Å²) in [7, 11) is 1.47. The Morgan fingerprint density at radius 3 is 2.61 bits per heavy atom. The number of nitriles is 1. The van der Waals surface area contributed by atoms with Crippen molar-refractivity contribution < 1.29 is 24.5 Å². The van der Waals surface area contributed by atoms with Crippen LogP contribution in [-0.2, 0) is 9.53 Å². The van der Waals surface area contributed by atoms with Crippen molar-refractivity contribution in [3.63, 3.8) is 0 Å². The van der Waals surface area contributed by atoms with Gasteiger partial charge in [0.25, 0.3) is 0 Å². The average Bonchev–Trinajstić information content (AvgIpc) is 2.35. The second-order valence-electron chi connectivity index (χ2n) is 3.41. The summed E-state index contributed by atoms with van der Waals surface area (Å²) >= 11 is 0. The van der Waals surface area contributed by atoms with E-state index in [1.165, 1.54) is 12.0 Å². The van der Waals surface area contributed by atoms with Crippen molar-refractivity contribution >= 4 is 12.0 Å². The number of carbonyl (C=O) groups excluding carboxylic acids is 1. The molecular weight excluding hydrogens is 242 g/mol. The predicted molar refractivity (Wildman–Crippen MR) is 60.7 cm³/mol. The van der Waals surface area contributed by atoms with Gasteiger partial charge in [-0.1, -0.05) is 0 Å². The topological polar surface area (TPSA) is 123 Å². The summed E-state index contributed by atoms with van der Waals surface area (Å²) < 4.78 is 4.81. The Bertz CT molecular complexity index is 315. The average molecular weight is 259 g/mol. The third kappa shape index (κ3) is 6.03. The van der Waals surface area contributed by atoms with E-state index in [9.17, 15) is 9.59 Å². The van der Waals surface area contributed by atoms with E-state index < -0.39 is 24.6 Å². The third-order valence-electron chi connectivity index (χ3n) is 2.12. The Morgan fingerprint density at radius 1 is 1.50 bits per heavy atom. The Labute approximate surface area is 105 Å². The van der Waals surface area contributed by atoms with E-state index in [4.69, 9.17) is 20.2 Å². The number of aliphatic hydroxyl groups excluding tert-OH is 1. The minimum Gasteiger partial charge on any atom is -0.480 e. The molecule has 0 radical (unpaired) electrons. The molecule has 8 nitrogen and oxygen atoms in total. The number of urea groups is 1. The molecule has 0 saturated heterocycles. The first-order chi connectivity index (χ1) is 8.56. The molecule has 8 heteroatoms. The maximum absolute atomic E-state index is 11.7. The standard InChI is InChI=1S/C10H17N3O5/c1-18-6-5-13(4-2-3-11)10(17)12-8(7-14)9(15)16/h8,14H,2,4-7H2,1H3,(H,12,17)(H,15,16)/t8-/m1/s1. The normalized spacial score (nSPS) is 11.4. The molecule has 3 N–H and O–H groups in total. The van der Waals surface area contributed by atoms with Crippen LogP contribution in [0.5, 0.6) is 0 Å². The highest BCUT2D eigenvalue weighted by Crippen LogP contribution is 1.95. The van der Waals surface area contributed by atoms with Crippen LogP contribution in [0.25, 0.3) is 0 Å². The molecule has 0 saturated carbocycles. The second-order valence-corrected chi connectivity index (χ2v) is 3.41. The van der Waals surface area contributed by atoms with E-state index in [0.29, 0.717) is 0 Å². The molecule has 0 aliphatic heterocycles. The highest BCUT2D eigenvalue weighted by Gasteiger charge is 2.22. The molecule has 0 aromatic carbocycles. The Morgan fingerprint density at radius 2 is 2.17 bits per heavy atom. The Balaban J connectivity index is 4.43. The Kier molecular flexibility index (Phi) is 8.26. The van der Waals surface area contributed by atoms with Gasteiger partial charge >= 0.3 is 12.0 Å². The summed E-state index contributed by atoms with van der Waals surface area (Å²) in [6.07, 6.45) is 0.133. The van der Waals surface area contributed by atoms with Gasteiger partial charge in [-0.25, -0.2) is 9.59 Å². The lowest BCUT2D eigenvalue weighted by Gasteiger charge is -2.23. The number of carboxylic acids is 1. The van der Waals surface area contributed by atoms with Crippen molar-refractivity contribution in [3.8, 4) is 6.07 Å². The van der Waals surface area contributed by atoms with E-state index in [2.05, 4.69) is 5.32 Å². The molecule has 0 aliphatic rings. The molecule has 0 rings (SSSR count). The molecule has 0 heterocycles. The minimum atomic E-state index is -1.36. The van der Waals surface area contributed by atoms with E-state index in [1.807, 2.05) is 6.07 Å². The SMILES string of the molecule is COCCN(CCC#N)C(=O)N[C@H](CO)C(=O)O. The van der Waals surface area contributed by atoms with Crippen LogP contribution >= 0.6 is 0 Å². The van der Waals surface area contributed by atoms with Gasteiger partial charge in [0, 0.05) is 20.2 Å². The van der Waals surface area contributed by atoms with Gasteiger partial charge in [-0.3, -0.25) is 0 Å². The van der Waals surface area contributed by atoms with Crippen molar-refractivity contribution in [2.75, 3.05) is 33.4 Å². The smallest absolute Gasteiger partial charge is 0.328 e. The minimum absolute atomic E-state index is 0.133. The second kappa shape index (κ2) is 9.21. The van der Waals surface area contributed by atoms with Gasteiger partial charge in [0.1, 0.15) is 0 Å². The lowest BCUT2D eigenvalue weighted by molar-refractivity contribution is -0.140. The van der Waals surface area contributed by atoms with E-state index >= 15 is 0 Å². The van der Waals surface area contributed by atoms with Gasteiger partial charge < -0.3 is 25.2 Å². The molecule has 102 valence electrons. The fourth-order valence-corrected chi connectivity index (χ4v) is 1.13. The van der Waals surface area contributed by atoms with E-state index in [-0.39, 0.29) is 26.1 Å². The molecule has 2 amide bonds. The summed E-state index contributed by atoms with van der Waals surface area (Å²) in [5.41, 5.74) is 0. The lowest BCUT2D eigenvalue weighted by Crippen LogP contribution is -2.50. The molecule has 18 heavy (non-hydrogen) atoms. The molecule has 0 aliphatic carbocycles. The van der Waals surface area contributed by atoms with Crippen molar-refractivity contribution in [1.82, 2.24) is 10.2 Å². The zero-order chi connectivity index (χ0) is 14.0. The molecule has 1 atom stereocenters. The monoisotopic (exact) mass is 259 g/mol. The van der Waals surface area contributed by atoms with Crippen LogP contribution in [0, 0.1) is 11.3 Å². The number of amides is 2. The van der Waals surface area contributed by atoms with Crippen molar-refractivity contribution in [2.24, 2.45) is 0 Å². The molecule has 0 bridgehead atoms. The first-order valence-corrected chi connectivity index (χ1v) is 5.31. The number of ether oxygens (including phenoxy) is 1. The summed E-state index contributed by atoms with van der Waals surface area (Å²) in [5, 5.41) is 28.1. The highest BCUT2D eigenvalue weighted by molar-refractivity contribution is 5.82. The number of rotatable bonds is 8. The van der Waals surface area contributed by atoms with Crippen LogP contribution in [0.15, 0.2) is 0 Å².